The Morgan fingerprint density at radius 3 is 1.72 bits per heavy atom. The Balaban J connectivity index is -0.00000242. The van der Waals surface area contributed by atoms with Crippen molar-refractivity contribution in [2.75, 3.05) is 0 Å². The molecule has 0 aromatic rings. The van der Waals surface area contributed by atoms with Gasteiger partial charge in [-0.2, -0.15) is 0 Å². The van der Waals surface area contributed by atoms with Gasteiger partial charge in [-0.1, -0.05) is 58.3 Å². The van der Waals surface area contributed by atoms with Crippen LogP contribution in [0.15, 0.2) is 0 Å². The second-order valence-electron chi connectivity index (χ2n) is 6.89. The van der Waals surface area contributed by atoms with Gasteiger partial charge in [0.25, 0.3) is 0 Å². The van der Waals surface area contributed by atoms with Crippen molar-refractivity contribution in [2.24, 2.45) is 0 Å². The summed E-state index contributed by atoms with van der Waals surface area (Å²) in [5.41, 5.74) is -0.511. The number of unbranched alkanes of at least 4 members (excludes halogenated alkanes) is 8. The first-order chi connectivity index (χ1) is 10.6. The Morgan fingerprint density at radius 2 is 1.32 bits per heavy atom. The summed E-state index contributed by atoms with van der Waals surface area (Å²) in [5, 5.41) is 0. The van der Waals surface area contributed by atoms with Crippen LogP contribution in [-0.4, -0.2) is 11.9 Å². The first kappa shape index (κ1) is 33.0. The monoisotopic (exact) mass is 430 g/mol. The van der Waals surface area contributed by atoms with Crippen molar-refractivity contribution in [3.8, 4) is 0 Å². The van der Waals surface area contributed by atoms with Crippen LogP contribution in [0.3, 0.4) is 0 Å². The van der Waals surface area contributed by atoms with Crippen LogP contribution < -0.4 is 113 Å². The van der Waals surface area contributed by atoms with Gasteiger partial charge in [-0.15, -0.1) is 0 Å². The summed E-state index contributed by atoms with van der Waals surface area (Å²) < 4.78 is 19.9. The standard InChI is InChI=1S/C16H35O6P.2K/c1-5-6-7-8-9-10-11-12-13-14-15(20-16(2,3)4)21-22-23(17,18)19;;/h15H,5-14H2,1-4H3,(H2,17,18,19);;/q;2*+1/p-2. The SMILES string of the molecule is CCCCCCCCCCCC(OOP(=O)([O-])[O-])OC(C)(C)C.[K+].[K+]. The van der Waals surface area contributed by atoms with E-state index < -0.39 is 19.7 Å². The molecular formula is C16H33K2O6P. The van der Waals surface area contributed by atoms with E-state index in [0.29, 0.717) is 6.42 Å². The van der Waals surface area contributed by atoms with Crippen molar-refractivity contribution in [2.45, 2.75) is 104 Å². The molecular weight excluding hydrogens is 397 g/mol. The summed E-state index contributed by atoms with van der Waals surface area (Å²) in [5.74, 6) is 0. The van der Waals surface area contributed by atoms with E-state index in [0.717, 1.165) is 19.3 Å². The topological polar surface area (TPSA) is 90.9 Å². The third kappa shape index (κ3) is 27.3. The van der Waals surface area contributed by atoms with Gasteiger partial charge in [0.2, 0.25) is 0 Å². The van der Waals surface area contributed by atoms with E-state index in [-0.39, 0.29) is 103 Å². The number of hydrogen-bond acceptors (Lipinski definition) is 6. The van der Waals surface area contributed by atoms with Crippen LogP contribution in [0.4, 0.5) is 0 Å². The third-order valence-corrected chi connectivity index (χ3v) is 3.54. The minimum atomic E-state index is -5.15. The summed E-state index contributed by atoms with van der Waals surface area (Å²) >= 11 is 0. The van der Waals surface area contributed by atoms with Crippen molar-refractivity contribution in [1.29, 1.82) is 0 Å². The smallest absolute Gasteiger partial charge is 0.788 e. The maximum absolute atomic E-state index is 10.5. The van der Waals surface area contributed by atoms with E-state index in [1.165, 1.54) is 38.5 Å². The maximum Gasteiger partial charge on any atom is 1.00 e. The molecule has 0 aliphatic heterocycles. The van der Waals surface area contributed by atoms with Gasteiger partial charge >= 0.3 is 103 Å². The molecule has 1 unspecified atom stereocenters. The normalized spacial score (nSPS) is 13.0. The molecule has 0 bridgehead atoms. The van der Waals surface area contributed by atoms with Crippen LogP contribution in [0.25, 0.3) is 0 Å². The second-order valence-corrected chi connectivity index (χ2v) is 7.94. The summed E-state index contributed by atoms with van der Waals surface area (Å²) in [4.78, 5) is 25.6. The fraction of sp³-hybridized carbons (Fsp3) is 1.00. The summed E-state index contributed by atoms with van der Waals surface area (Å²) in [6, 6.07) is 0. The van der Waals surface area contributed by atoms with Gasteiger partial charge < -0.3 is 19.1 Å². The average molecular weight is 431 g/mol. The van der Waals surface area contributed by atoms with Crippen molar-refractivity contribution in [3.05, 3.63) is 0 Å². The number of ether oxygens (including phenoxy) is 1. The zero-order valence-corrected chi connectivity index (χ0v) is 24.2. The molecule has 1 atom stereocenters. The quantitative estimate of drug-likeness (QED) is 0.0778. The average Bonchev–Trinajstić information content (AvgIpc) is 2.40. The van der Waals surface area contributed by atoms with E-state index >= 15 is 0 Å². The van der Waals surface area contributed by atoms with E-state index in [1.54, 1.807) is 0 Å². The first-order valence-corrected chi connectivity index (χ1v) is 10.1. The Bertz CT molecular complexity index is 333. The van der Waals surface area contributed by atoms with Gasteiger partial charge in [0, 0.05) is 6.42 Å². The van der Waals surface area contributed by atoms with E-state index in [4.69, 9.17) is 4.74 Å². The molecule has 0 N–H and O–H groups in total. The molecule has 0 aliphatic rings. The van der Waals surface area contributed by atoms with Gasteiger partial charge in [0.15, 0.2) is 6.29 Å². The van der Waals surface area contributed by atoms with Crippen molar-refractivity contribution in [1.82, 2.24) is 0 Å². The van der Waals surface area contributed by atoms with Gasteiger partial charge in [-0.3, -0.25) is 0 Å². The molecule has 0 spiro atoms. The Labute approximate surface area is 238 Å². The van der Waals surface area contributed by atoms with Gasteiger partial charge in [0.1, 0.15) is 7.82 Å². The largest absolute Gasteiger partial charge is 1.00 e. The summed E-state index contributed by atoms with van der Waals surface area (Å²) in [6.45, 7) is 7.69. The van der Waals surface area contributed by atoms with Crippen LogP contribution in [0.5, 0.6) is 0 Å². The predicted octanol–water partition coefficient (Wildman–Crippen LogP) is -2.17. The Morgan fingerprint density at radius 1 is 0.880 bits per heavy atom. The number of phosphoric acid groups is 1. The number of rotatable bonds is 14. The van der Waals surface area contributed by atoms with Crippen molar-refractivity contribution in [3.63, 3.8) is 0 Å². The van der Waals surface area contributed by atoms with Crippen LogP contribution in [0, 0.1) is 0 Å². The van der Waals surface area contributed by atoms with Crippen LogP contribution >= 0.6 is 7.82 Å². The molecule has 0 aromatic heterocycles. The molecule has 0 amide bonds. The van der Waals surface area contributed by atoms with Gasteiger partial charge in [0.05, 0.1) is 5.60 Å². The predicted molar refractivity (Wildman–Crippen MR) is 86.2 cm³/mol. The first-order valence-electron chi connectivity index (χ1n) is 8.69. The van der Waals surface area contributed by atoms with Crippen LogP contribution in [-0.2, 0) is 18.9 Å². The van der Waals surface area contributed by atoms with Gasteiger partial charge in [-0.25, -0.2) is 9.56 Å². The molecule has 0 aromatic carbocycles. The zero-order chi connectivity index (χ0) is 17.8. The zero-order valence-electron chi connectivity index (χ0n) is 17.0. The van der Waals surface area contributed by atoms with Crippen molar-refractivity contribution < 1.29 is 131 Å². The maximum atomic E-state index is 10.5. The van der Waals surface area contributed by atoms with Gasteiger partial charge in [-0.05, 0) is 27.2 Å². The molecule has 6 nitrogen and oxygen atoms in total. The summed E-state index contributed by atoms with van der Waals surface area (Å²) in [6.07, 6.45) is 10.3. The minimum Gasteiger partial charge on any atom is -0.788 e. The molecule has 0 fully saturated rings. The van der Waals surface area contributed by atoms with Crippen LogP contribution in [0.2, 0.25) is 0 Å². The fourth-order valence-corrected chi connectivity index (χ4v) is 2.44. The van der Waals surface area contributed by atoms with Crippen molar-refractivity contribution >= 4 is 7.82 Å². The molecule has 0 rings (SSSR count). The molecule has 0 heterocycles. The minimum absolute atomic E-state index is 0. The molecule has 9 heteroatoms. The third-order valence-electron chi connectivity index (χ3n) is 3.27. The second kappa shape index (κ2) is 19.3. The van der Waals surface area contributed by atoms with E-state index in [9.17, 15) is 14.4 Å². The van der Waals surface area contributed by atoms with E-state index in [2.05, 4.69) is 16.5 Å². The number of hydrogen-bond donors (Lipinski definition) is 0. The molecule has 0 aliphatic carbocycles. The Hall–Kier alpha value is 3.30. The van der Waals surface area contributed by atoms with E-state index in [1.807, 2.05) is 20.8 Å². The Kier molecular flexibility index (Phi) is 25.4. The fourth-order valence-electron chi connectivity index (χ4n) is 2.24. The molecule has 0 radical (unpaired) electrons. The molecule has 140 valence electrons. The molecule has 25 heavy (non-hydrogen) atoms. The summed E-state index contributed by atoms with van der Waals surface area (Å²) in [7, 11) is -5.15. The van der Waals surface area contributed by atoms with Crippen LogP contribution in [0.1, 0.15) is 91.9 Å². The molecule has 0 saturated carbocycles. The molecule has 0 saturated heterocycles.